The molecule has 41 heavy (non-hydrogen) atoms. The fourth-order valence-electron chi connectivity index (χ4n) is 4.34. The maximum atomic E-state index is 13.1. The van der Waals surface area contributed by atoms with Crippen molar-refractivity contribution in [2.24, 2.45) is 5.73 Å². The quantitative estimate of drug-likeness (QED) is 0.334. The summed E-state index contributed by atoms with van der Waals surface area (Å²) in [5.74, 6) is -1.97. The van der Waals surface area contributed by atoms with Crippen molar-refractivity contribution in [2.75, 3.05) is 38.4 Å². The minimum absolute atomic E-state index is 0.0416. The van der Waals surface area contributed by atoms with Crippen LogP contribution in [0.25, 0.3) is 0 Å². The Morgan fingerprint density at radius 3 is 2.59 bits per heavy atom. The molecule has 1 aromatic heterocycles. The molecular formula is C25H29F3N6O6S. The molecule has 16 heteroatoms. The van der Waals surface area contributed by atoms with Gasteiger partial charge < -0.3 is 35.5 Å². The maximum Gasteiger partial charge on any atom is 0.573 e. The lowest BCUT2D eigenvalue weighted by Gasteiger charge is -2.19. The van der Waals surface area contributed by atoms with Gasteiger partial charge in [0, 0.05) is 12.6 Å². The fraction of sp³-hybridized carbons (Fsp3) is 0.440. The first-order chi connectivity index (χ1) is 19.5. The van der Waals surface area contributed by atoms with E-state index in [1.807, 2.05) is 0 Å². The van der Waals surface area contributed by atoms with Crippen molar-refractivity contribution in [3.63, 3.8) is 0 Å². The van der Waals surface area contributed by atoms with Crippen LogP contribution in [0.5, 0.6) is 11.5 Å². The number of ether oxygens (including phenoxy) is 3. The second-order valence-electron chi connectivity index (χ2n) is 9.26. The Kier molecular flexibility index (Phi) is 9.54. The zero-order chi connectivity index (χ0) is 29.6. The molecule has 0 saturated carbocycles. The molecule has 2 aliphatic heterocycles. The van der Waals surface area contributed by atoms with Crippen LogP contribution in [-0.2, 0) is 20.9 Å². The molecule has 222 valence electrons. The average molecular weight is 599 g/mol. The molecule has 4 rings (SSSR count). The van der Waals surface area contributed by atoms with Gasteiger partial charge in [-0.3, -0.25) is 19.3 Å². The van der Waals surface area contributed by atoms with Gasteiger partial charge in [-0.2, -0.15) is 0 Å². The predicted octanol–water partition coefficient (Wildman–Crippen LogP) is 2.07. The van der Waals surface area contributed by atoms with Gasteiger partial charge in [-0.1, -0.05) is 11.3 Å². The van der Waals surface area contributed by atoms with Crippen molar-refractivity contribution in [1.29, 1.82) is 0 Å². The Labute approximate surface area is 237 Å². The third-order valence-corrected chi connectivity index (χ3v) is 7.43. The second-order valence-corrected chi connectivity index (χ2v) is 10.3. The first kappa shape index (κ1) is 29.9. The summed E-state index contributed by atoms with van der Waals surface area (Å²) in [4.78, 5) is 45.4. The monoisotopic (exact) mass is 598 g/mol. The Morgan fingerprint density at radius 1 is 1.20 bits per heavy atom. The van der Waals surface area contributed by atoms with E-state index in [2.05, 4.69) is 32.3 Å². The summed E-state index contributed by atoms with van der Waals surface area (Å²) in [6, 6.07) is 4.99. The van der Waals surface area contributed by atoms with E-state index in [1.165, 1.54) is 23.3 Å². The van der Waals surface area contributed by atoms with E-state index in [-0.39, 0.29) is 30.4 Å². The van der Waals surface area contributed by atoms with Crippen LogP contribution in [0.3, 0.4) is 0 Å². The molecule has 2 aromatic rings. The standard InChI is InChI=1S/C25H29F3N6O6S/c1-33-10-2-3-15(33)8-9-30-23(37)21-24(34-14-38-12-18(34)22(29)36)41-20(32-21)11-31-19(35)13-39-16-4-6-17(7-5-16)40-25(26,27)28/h4-7,12,15H,2-3,8-11,13-14H2,1H3,(H2,29,36)(H,30,37)(H,31,35). The number of nitrogens with two attached hydrogens (primary N) is 1. The number of aromatic nitrogens is 1. The minimum Gasteiger partial charge on any atom is -0.484 e. The number of halogens is 3. The Balaban J connectivity index is 1.36. The molecule has 1 atom stereocenters. The van der Waals surface area contributed by atoms with Crippen molar-refractivity contribution >= 4 is 34.1 Å². The Bertz CT molecular complexity index is 1290. The van der Waals surface area contributed by atoms with E-state index in [4.69, 9.17) is 15.2 Å². The fourth-order valence-corrected chi connectivity index (χ4v) is 5.34. The van der Waals surface area contributed by atoms with Crippen molar-refractivity contribution in [1.82, 2.24) is 20.5 Å². The highest BCUT2D eigenvalue weighted by molar-refractivity contribution is 7.16. The Morgan fingerprint density at radius 2 is 1.93 bits per heavy atom. The third kappa shape index (κ3) is 8.23. The maximum absolute atomic E-state index is 13.1. The number of thiazole rings is 1. The summed E-state index contributed by atoms with van der Waals surface area (Å²) in [6.45, 7) is 0.944. The van der Waals surface area contributed by atoms with Crippen LogP contribution in [-0.4, -0.2) is 73.5 Å². The highest BCUT2D eigenvalue weighted by atomic mass is 32.1. The minimum atomic E-state index is -4.81. The van der Waals surface area contributed by atoms with Crippen molar-refractivity contribution in [2.45, 2.75) is 38.2 Å². The molecule has 2 aliphatic rings. The summed E-state index contributed by atoms with van der Waals surface area (Å²) in [5, 5.41) is 6.21. The number of anilines is 1. The molecule has 0 spiro atoms. The van der Waals surface area contributed by atoms with E-state index in [0.717, 1.165) is 49.3 Å². The summed E-state index contributed by atoms with van der Waals surface area (Å²) in [5.41, 5.74) is 5.58. The average Bonchev–Trinajstić information content (AvgIpc) is 3.66. The van der Waals surface area contributed by atoms with Crippen LogP contribution in [0.15, 0.2) is 36.2 Å². The number of benzene rings is 1. The summed E-state index contributed by atoms with van der Waals surface area (Å²) in [7, 11) is 2.05. The van der Waals surface area contributed by atoms with Crippen molar-refractivity contribution < 1.29 is 41.8 Å². The molecule has 1 fully saturated rings. The first-order valence-corrected chi connectivity index (χ1v) is 13.4. The molecular weight excluding hydrogens is 569 g/mol. The molecule has 1 unspecified atom stereocenters. The summed E-state index contributed by atoms with van der Waals surface area (Å²) in [6.07, 6.45) is -0.643. The van der Waals surface area contributed by atoms with Crippen LogP contribution in [0.1, 0.15) is 34.8 Å². The number of primary amides is 1. The lowest BCUT2D eigenvalue weighted by atomic mass is 10.1. The zero-order valence-corrected chi connectivity index (χ0v) is 22.8. The van der Waals surface area contributed by atoms with Crippen LogP contribution >= 0.6 is 11.3 Å². The Hall–Kier alpha value is -4.05. The van der Waals surface area contributed by atoms with E-state index in [1.54, 1.807) is 0 Å². The number of hydrogen-bond acceptors (Lipinski definition) is 10. The number of carbonyl (C=O) groups excluding carboxylic acids is 3. The molecule has 0 aliphatic carbocycles. The molecule has 12 nitrogen and oxygen atoms in total. The summed E-state index contributed by atoms with van der Waals surface area (Å²) < 4.78 is 51.2. The van der Waals surface area contributed by atoms with Crippen molar-refractivity contribution in [3.05, 3.63) is 46.9 Å². The molecule has 3 amide bonds. The molecule has 0 bridgehead atoms. The van der Waals surface area contributed by atoms with Crippen LogP contribution in [0, 0.1) is 0 Å². The molecule has 0 radical (unpaired) electrons. The van der Waals surface area contributed by atoms with Crippen LogP contribution < -0.4 is 30.7 Å². The lowest BCUT2D eigenvalue weighted by Crippen LogP contribution is -2.33. The predicted molar refractivity (Wildman–Crippen MR) is 141 cm³/mol. The number of alkyl halides is 3. The van der Waals surface area contributed by atoms with Gasteiger partial charge in [0.2, 0.25) is 0 Å². The van der Waals surface area contributed by atoms with Gasteiger partial charge in [0.05, 0.1) is 6.54 Å². The van der Waals surface area contributed by atoms with Crippen LogP contribution in [0.4, 0.5) is 18.2 Å². The number of nitrogens with one attached hydrogen (secondary N) is 2. The number of amides is 3. The lowest BCUT2D eigenvalue weighted by molar-refractivity contribution is -0.274. The number of carbonyl (C=O) groups is 3. The first-order valence-electron chi connectivity index (χ1n) is 12.6. The van der Waals surface area contributed by atoms with Gasteiger partial charge in [-0.05, 0) is 57.1 Å². The molecule has 1 saturated heterocycles. The van der Waals surface area contributed by atoms with Gasteiger partial charge in [-0.25, -0.2) is 4.98 Å². The van der Waals surface area contributed by atoms with Gasteiger partial charge in [0.25, 0.3) is 17.7 Å². The number of likely N-dealkylation sites (tertiary alicyclic amines) is 1. The highest BCUT2D eigenvalue weighted by Crippen LogP contribution is 2.33. The second kappa shape index (κ2) is 13.1. The largest absolute Gasteiger partial charge is 0.573 e. The molecule has 3 heterocycles. The van der Waals surface area contributed by atoms with Gasteiger partial charge in [0.1, 0.15) is 33.5 Å². The number of hydrogen-bond donors (Lipinski definition) is 3. The normalized spacial score (nSPS) is 17.1. The SMILES string of the molecule is CN1CCCC1CCNC(=O)c1nc(CNC(=O)COc2ccc(OC(F)(F)F)cc2)sc1N1COC=C1C(N)=O. The van der Waals surface area contributed by atoms with E-state index >= 15 is 0 Å². The zero-order valence-electron chi connectivity index (χ0n) is 22.0. The van der Waals surface area contributed by atoms with Crippen LogP contribution in [0.2, 0.25) is 0 Å². The molecule has 1 aromatic carbocycles. The third-order valence-electron chi connectivity index (χ3n) is 6.35. The number of rotatable bonds is 12. The van der Waals surface area contributed by atoms with Gasteiger partial charge in [-0.15, -0.1) is 13.2 Å². The number of nitrogens with zero attached hydrogens (tertiary/aromatic N) is 3. The highest BCUT2D eigenvalue weighted by Gasteiger charge is 2.32. The van der Waals surface area contributed by atoms with E-state index < -0.39 is 36.4 Å². The topological polar surface area (TPSA) is 148 Å². The smallest absolute Gasteiger partial charge is 0.484 e. The van der Waals surface area contributed by atoms with E-state index in [0.29, 0.717) is 22.6 Å². The van der Waals surface area contributed by atoms with Crippen molar-refractivity contribution in [3.8, 4) is 11.5 Å². The van der Waals surface area contributed by atoms with Gasteiger partial charge >= 0.3 is 6.36 Å². The van der Waals surface area contributed by atoms with Gasteiger partial charge in [0.15, 0.2) is 19.0 Å². The van der Waals surface area contributed by atoms with E-state index in [9.17, 15) is 27.6 Å². The molecule has 4 N–H and O–H groups in total. The summed E-state index contributed by atoms with van der Waals surface area (Å²) >= 11 is 1.08.